The van der Waals surface area contributed by atoms with Gasteiger partial charge in [-0.2, -0.15) is 0 Å². The number of hydrogen-bond acceptors (Lipinski definition) is 9. The number of aromatic nitrogens is 3. The Morgan fingerprint density at radius 1 is 0.971 bits per heavy atom. The Labute approximate surface area is 214 Å². The highest BCUT2D eigenvalue weighted by molar-refractivity contribution is 7.16. The van der Waals surface area contributed by atoms with E-state index < -0.39 is 11.5 Å². The molecule has 0 spiro atoms. The predicted molar refractivity (Wildman–Crippen MR) is 138 cm³/mol. The molecule has 35 heavy (non-hydrogen) atoms. The van der Waals surface area contributed by atoms with Gasteiger partial charge in [0.05, 0.1) is 12.6 Å². The molecule has 0 fully saturated rings. The summed E-state index contributed by atoms with van der Waals surface area (Å²) in [6, 6.07) is 7.93. The second-order valence-electron chi connectivity index (χ2n) is 9.11. The third kappa shape index (κ3) is 4.97. The first-order chi connectivity index (χ1) is 16.7. The van der Waals surface area contributed by atoms with Gasteiger partial charge in [-0.1, -0.05) is 24.3 Å². The Balaban J connectivity index is 1.43. The number of nitrogens with zero attached hydrogens (tertiary/aromatic N) is 4. The molecule has 0 bridgehead atoms. The molecular weight excluding hydrogens is 502 g/mol. The third-order valence-corrected chi connectivity index (χ3v) is 8.06. The average Bonchev–Trinajstić information content (AvgIpc) is 3.57. The maximum absolute atomic E-state index is 13.1. The van der Waals surface area contributed by atoms with Crippen molar-refractivity contribution in [1.29, 1.82) is 0 Å². The number of amides is 2. The highest BCUT2D eigenvalue weighted by Gasteiger charge is 2.35. The van der Waals surface area contributed by atoms with Gasteiger partial charge in [-0.15, -0.1) is 34.0 Å². The van der Waals surface area contributed by atoms with E-state index in [9.17, 15) is 9.59 Å². The van der Waals surface area contributed by atoms with Crippen molar-refractivity contribution < 1.29 is 14.3 Å². The maximum Gasteiger partial charge on any atom is 0.411 e. The van der Waals surface area contributed by atoms with Gasteiger partial charge in [0.25, 0.3) is 5.91 Å². The Kier molecular flexibility index (Phi) is 6.16. The fourth-order valence-corrected chi connectivity index (χ4v) is 6.39. The summed E-state index contributed by atoms with van der Waals surface area (Å²) in [6.45, 7) is 6.08. The molecule has 3 aromatic heterocycles. The first-order valence-corrected chi connectivity index (χ1v) is 13.6. The van der Waals surface area contributed by atoms with Crippen LogP contribution in [0.15, 0.2) is 40.4 Å². The van der Waals surface area contributed by atoms with Crippen LogP contribution in [0.1, 0.15) is 53.4 Å². The van der Waals surface area contributed by atoms with Crippen LogP contribution in [0.3, 0.4) is 0 Å². The molecule has 1 atom stereocenters. The molecule has 180 valence electrons. The number of rotatable bonds is 4. The molecular formula is C24H23N5O3S3. The Morgan fingerprint density at radius 2 is 1.63 bits per heavy atom. The summed E-state index contributed by atoms with van der Waals surface area (Å²) in [7, 11) is 0. The lowest BCUT2D eigenvalue weighted by Gasteiger charge is -2.36. The maximum atomic E-state index is 13.1. The second kappa shape index (κ2) is 9.14. The number of fused-ring (bicyclic) bond motifs is 1. The fraction of sp³-hybridized carbons (Fsp3) is 0.292. The summed E-state index contributed by atoms with van der Waals surface area (Å²) >= 11 is 4.29. The summed E-state index contributed by atoms with van der Waals surface area (Å²) in [5.41, 5.74) is 8.71. The first-order valence-electron chi connectivity index (χ1n) is 10.9. The number of benzene rings is 1. The third-order valence-electron chi connectivity index (χ3n) is 5.38. The molecule has 0 aliphatic carbocycles. The molecule has 5 rings (SSSR count). The van der Waals surface area contributed by atoms with Gasteiger partial charge in [0.15, 0.2) is 0 Å². The summed E-state index contributed by atoms with van der Waals surface area (Å²) in [5.74, 6) is -0.560. The zero-order valence-electron chi connectivity index (χ0n) is 19.3. The Bertz CT molecular complexity index is 1400. The number of primary amides is 1. The lowest BCUT2D eigenvalue weighted by atomic mass is 9.94. The summed E-state index contributed by atoms with van der Waals surface area (Å²) in [6.07, 6.45) is 0.319. The molecule has 1 aromatic carbocycles. The van der Waals surface area contributed by atoms with Gasteiger partial charge in [-0.25, -0.2) is 19.7 Å². The summed E-state index contributed by atoms with van der Waals surface area (Å²) in [4.78, 5) is 40.1. The van der Waals surface area contributed by atoms with Crippen LogP contribution in [0.25, 0.3) is 21.4 Å². The molecule has 2 N–H and O–H groups in total. The van der Waals surface area contributed by atoms with Crippen LogP contribution < -0.4 is 5.73 Å². The lowest BCUT2D eigenvalue weighted by Crippen LogP contribution is -2.42. The van der Waals surface area contributed by atoms with Crippen LogP contribution in [0, 0.1) is 0 Å². The molecule has 1 aliphatic heterocycles. The SMILES string of the molecule is CC(C)(C)OC(=O)N1Cc2ccccc2C[C@H]1c1nc(-c2nc(-c3nc(C(N)=O)cs3)cs2)cs1. The molecule has 0 saturated heterocycles. The van der Waals surface area contributed by atoms with Crippen molar-refractivity contribution in [2.75, 3.05) is 0 Å². The van der Waals surface area contributed by atoms with Gasteiger partial charge in [0.2, 0.25) is 0 Å². The average molecular weight is 526 g/mol. The van der Waals surface area contributed by atoms with Crippen molar-refractivity contribution in [3.8, 4) is 21.4 Å². The van der Waals surface area contributed by atoms with E-state index in [2.05, 4.69) is 22.1 Å². The topological polar surface area (TPSA) is 111 Å². The smallest absolute Gasteiger partial charge is 0.411 e. The van der Waals surface area contributed by atoms with E-state index in [1.165, 1.54) is 39.6 Å². The molecule has 0 radical (unpaired) electrons. The van der Waals surface area contributed by atoms with E-state index in [-0.39, 0.29) is 17.8 Å². The largest absolute Gasteiger partial charge is 0.444 e. The van der Waals surface area contributed by atoms with Crippen molar-refractivity contribution in [2.24, 2.45) is 5.73 Å². The van der Waals surface area contributed by atoms with Crippen molar-refractivity contribution in [2.45, 2.75) is 45.4 Å². The van der Waals surface area contributed by atoms with Gasteiger partial charge in [-0.05, 0) is 38.3 Å². The highest BCUT2D eigenvalue weighted by atomic mass is 32.1. The van der Waals surface area contributed by atoms with Crippen molar-refractivity contribution in [3.63, 3.8) is 0 Å². The van der Waals surface area contributed by atoms with Crippen LogP contribution in [0.5, 0.6) is 0 Å². The molecule has 0 saturated carbocycles. The van der Waals surface area contributed by atoms with Gasteiger partial charge in [0.1, 0.15) is 37.7 Å². The van der Waals surface area contributed by atoms with Gasteiger partial charge >= 0.3 is 6.09 Å². The Hall–Kier alpha value is -3.15. The van der Waals surface area contributed by atoms with E-state index in [0.29, 0.717) is 23.7 Å². The zero-order valence-corrected chi connectivity index (χ0v) is 21.8. The quantitative estimate of drug-likeness (QED) is 0.375. The zero-order chi connectivity index (χ0) is 24.7. The minimum absolute atomic E-state index is 0.227. The number of carbonyl (C=O) groups excluding carboxylic acids is 2. The molecule has 8 nitrogen and oxygen atoms in total. The van der Waals surface area contributed by atoms with E-state index in [1.54, 1.807) is 10.3 Å². The van der Waals surface area contributed by atoms with Crippen LogP contribution in [-0.2, 0) is 17.7 Å². The predicted octanol–water partition coefficient (Wildman–Crippen LogP) is 5.52. The van der Waals surface area contributed by atoms with Gasteiger partial charge < -0.3 is 10.5 Å². The monoisotopic (exact) mass is 525 g/mol. The molecule has 1 aliphatic rings. The number of carbonyl (C=O) groups is 2. The summed E-state index contributed by atoms with van der Waals surface area (Å²) in [5, 5.41) is 7.70. The normalized spacial score (nSPS) is 15.6. The van der Waals surface area contributed by atoms with Gasteiger partial charge in [0, 0.05) is 16.1 Å². The Morgan fingerprint density at radius 3 is 2.34 bits per heavy atom. The van der Waals surface area contributed by atoms with E-state index in [1.807, 2.05) is 43.7 Å². The van der Waals surface area contributed by atoms with Crippen LogP contribution in [0.2, 0.25) is 0 Å². The second-order valence-corrected chi connectivity index (χ2v) is 11.7. The molecule has 4 heterocycles. The van der Waals surface area contributed by atoms with Crippen molar-refractivity contribution >= 4 is 46.0 Å². The van der Waals surface area contributed by atoms with Crippen LogP contribution in [0.4, 0.5) is 4.79 Å². The van der Waals surface area contributed by atoms with Gasteiger partial charge in [-0.3, -0.25) is 9.69 Å². The molecule has 11 heteroatoms. The van der Waals surface area contributed by atoms with E-state index in [0.717, 1.165) is 21.3 Å². The van der Waals surface area contributed by atoms with E-state index in [4.69, 9.17) is 15.5 Å². The number of thiazole rings is 3. The highest BCUT2D eigenvalue weighted by Crippen LogP contribution is 2.38. The van der Waals surface area contributed by atoms with Crippen molar-refractivity contribution in [3.05, 3.63) is 62.2 Å². The van der Waals surface area contributed by atoms with E-state index >= 15 is 0 Å². The standard InChI is InChI=1S/C24H23N5O3S3/c1-24(2,3)32-23(31)29-9-14-7-5-4-6-13(14)8-18(29)22-28-17(12-35-22)21-27-16(11-34-21)20-26-15(10-33-20)19(25)30/h4-7,10-12,18H,8-9H2,1-3H3,(H2,25,30)/t18-/m0/s1. The minimum Gasteiger partial charge on any atom is -0.444 e. The lowest BCUT2D eigenvalue weighted by molar-refractivity contribution is 0.0115. The molecule has 2 amide bonds. The minimum atomic E-state index is -0.589. The summed E-state index contributed by atoms with van der Waals surface area (Å²) < 4.78 is 5.72. The first kappa shape index (κ1) is 23.6. The van der Waals surface area contributed by atoms with Crippen molar-refractivity contribution in [1.82, 2.24) is 19.9 Å². The number of nitrogens with two attached hydrogens (primary N) is 1. The molecule has 0 unspecified atom stereocenters. The van der Waals surface area contributed by atoms with Crippen LogP contribution in [-0.4, -0.2) is 37.5 Å². The number of ether oxygens (including phenoxy) is 1. The fourth-order valence-electron chi connectivity index (χ4n) is 3.79. The molecule has 4 aromatic rings. The number of hydrogen-bond donors (Lipinski definition) is 1. The van der Waals surface area contributed by atoms with Crippen LogP contribution >= 0.6 is 34.0 Å².